The van der Waals surface area contributed by atoms with Crippen LogP contribution in [0.5, 0.6) is 11.5 Å². The van der Waals surface area contributed by atoms with E-state index in [9.17, 15) is 13.0 Å². The zero-order valence-electron chi connectivity index (χ0n) is 23.7. The first-order chi connectivity index (χ1) is 19.7. The molecule has 0 saturated heterocycles. The van der Waals surface area contributed by atoms with Crippen molar-refractivity contribution in [2.45, 2.75) is 45.4 Å². The van der Waals surface area contributed by atoms with E-state index in [4.69, 9.17) is 9.47 Å². The minimum absolute atomic E-state index is 0.151. The van der Waals surface area contributed by atoms with E-state index in [0.29, 0.717) is 18.2 Å². The Hall–Kier alpha value is -3.36. The minimum atomic E-state index is -4.39. The van der Waals surface area contributed by atoms with Gasteiger partial charge >= 0.3 is 243 Å². The average Bonchev–Trinajstić information content (AvgIpc) is 3.50. The van der Waals surface area contributed by atoms with Gasteiger partial charge in [0.05, 0.1) is 0 Å². The topological polar surface area (TPSA) is 82.8 Å². The van der Waals surface area contributed by atoms with Crippen molar-refractivity contribution in [3.63, 3.8) is 0 Å². The number of allylic oxidation sites excluding steroid dienone is 2. The van der Waals surface area contributed by atoms with Gasteiger partial charge in [-0.2, -0.15) is 0 Å². The second kappa shape index (κ2) is 12.2. The Balaban J connectivity index is 1.54. The molecular formula is C32H34N2O5SSe. The molecule has 0 saturated carbocycles. The summed E-state index contributed by atoms with van der Waals surface area (Å²) in [6.07, 6.45) is 5.26. The van der Waals surface area contributed by atoms with Crippen molar-refractivity contribution in [2.24, 2.45) is 0 Å². The van der Waals surface area contributed by atoms with Crippen molar-refractivity contribution in [2.75, 3.05) is 18.6 Å². The van der Waals surface area contributed by atoms with E-state index in [0.717, 1.165) is 41.1 Å². The number of ether oxygens (including phenoxy) is 2. The van der Waals surface area contributed by atoms with Gasteiger partial charge in [-0.05, 0) is 0 Å². The summed E-state index contributed by atoms with van der Waals surface area (Å²) in [5, 5.41) is -1.00. The number of nitrogens with zero attached hydrogens (tertiary/aromatic N) is 2. The van der Waals surface area contributed by atoms with Crippen molar-refractivity contribution in [1.29, 1.82) is 0 Å². The maximum absolute atomic E-state index is 11.7. The molecule has 2 heterocycles. The zero-order valence-corrected chi connectivity index (χ0v) is 26.2. The molecule has 1 aromatic heterocycles. The van der Waals surface area contributed by atoms with Gasteiger partial charge in [0.25, 0.3) is 0 Å². The third kappa shape index (κ3) is 6.28. The summed E-state index contributed by atoms with van der Waals surface area (Å²) in [7, 11) is -2.70. The van der Waals surface area contributed by atoms with Crippen LogP contribution in [0.25, 0.3) is 27.0 Å². The number of hydrogen-bond donors (Lipinski definition) is 0. The van der Waals surface area contributed by atoms with E-state index in [2.05, 4.69) is 54.8 Å². The molecule has 3 aromatic carbocycles. The normalized spacial score (nSPS) is 15.3. The number of fused-ring (bicyclic) bond motifs is 2. The van der Waals surface area contributed by atoms with Crippen LogP contribution in [0, 0.1) is 0 Å². The SMILES string of the molecule is CCC(/C=C1\Oc2ccc(-c3ccccc3)cc2N1CCC(C)S(=O)(=O)[O-])=C\c1[se]c2ccc(OC)cc2[n+]1CC. The van der Waals surface area contributed by atoms with Crippen LogP contribution in [-0.4, -0.2) is 46.4 Å². The summed E-state index contributed by atoms with van der Waals surface area (Å²) in [5.41, 5.74) is 5.25. The molecule has 0 spiro atoms. The fourth-order valence-electron chi connectivity index (χ4n) is 4.91. The predicted octanol–water partition coefficient (Wildman–Crippen LogP) is 5.74. The van der Waals surface area contributed by atoms with Crippen LogP contribution in [0.3, 0.4) is 0 Å². The van der Waals surface area contributed by atoms with Crippen molar-refractivity contribution in [3.05, 3.63) is 88.8 Å². The average molecular weight is 638 g/mol. The molecule has 0 amide bonds. The molecule has 9 heteroatoms. The van der Waals surface area contributed by atoms with Crippen molar-refractivity contribution in [3.8, 4) is 22.6 Å². The summed E-state index contributed by atoms with van der Waals surface area (Å²) in [6, 6.07) is 22.4. The summed E-state index contributed by atoms with van der Waals surface area (Å²) >= 11 is 0.151. The van der Waals surface area contributed by atoms with E-state index in [-0.39, 0.29) is 20.9 Å². The Kier molecular flexibility index (Phi) is 8.71. The number of aryl methyl sites for hydroxylation is 1. The van der Waals surface area contributed by atoms with E-state index < -0.39 is 15.4 Å². The van der Waals surface area contributed by atoms with Gasteiger partial charge in [0.15, 0.2) is 0 Å². The summed E-state index contributed by atoms with van der Waals surface area (Å²) in [6.45, 7) is 6.91. The number of rotatable bonds is 10. The zero-order chi connectivity index (χ0) is 29.1. The molecule has 0 N–H and O–H groups in total. The molecule has 1 unspecified atom stereocenters. The number of hydrogen-bond acceptors (Lipinski definition) is 6. The number of aromatic nitrogens is 1. The molecule has 214 valence electrons. The molecule has 41 heavy (non-hydrogen) atoms. The third-order valence-electron chi connectivity index (χ3n) is 7.37. The van der Waals surface area contributed by atoms with E-state index >= 15 is 0 Å². The van der Waals surface area contributed by atoms with Gasteiger partial charge in [-0.3, -0.25) is 0 Å². The summed E-state index contributed by atoms with van der Waals surface area (Å²) in [5.74, 6) is 2.18. The van der Waals surface area contributed by atoms with Crippen LogP contribution < -0.4 is 18.9 Å². The van der Waals surface area contributed by atoms with Gasteiger partial charge in [0, 0.05) is 0 Å². The van der Waals surface area contributed by atoms with Crippen LogP contribution in [0.1, 0.15) is 38.2 Å². The molecule has 4 aromatic rings. The molecule has 1 aliphatic heterocycles. The molecule has 0 radical (unpaired) electrons. The second-order valence-electron chi connectivity index (χ2n) is 9.97. The van der Waals surface area contributed by atoms with Crippen molar-refractivity contribution < 1.29 is 27.0 Å². The number of methoxy groups -OCH3 is 1. The van der Waals surface area contributed by atoms with Gasteiger partial charge in [-0.1, -0.05) is 6.07 Å². The van der Waals surface area contributed by atoms with Crippen LogP contribution in [0.15, 0.2) is 84.3 Å². The molecule has 0 bridgehead atoms. The molecule has 5 rings (SSSR count). The first kappa shape index (κ1) is 29.1. The molecule has 1 atom stereocenters. The fourth-order valence-corrected chi connectivity index (χ4v) is 7.79. The van der Waals surface area contributed by atoms with Crippen molar-refractivity contribution >= 4 is 46.2 Å². The van der Waals surface area contributed by atoms with E-state index in [1.807, 2.05) is 47.4 Å². The Morgan fingerprint density at radius 1 is 1.10 bits per heavy atom. The Labute approximate surface area is 247 Å². The summed E-state index contributed by atoms with van der Waals surface area (Å²) in [4.78, 5) is 1.99. The Bertz CT molecular complexity index is 1730. The third-order valence-corrected chi connectivity index (χ3v) is 10.9. The van der Waals surface area contributed by atoms with E-state index in [1.165, 1.54) is 21.3 Å². The monoisotopic (exact) mass is 638 g/mol. The second-order valence-corrected chi connectivity index (χ2v) is 14.0. The standard InChI is InChI=1S/C32H34N2O5SSe/c1-5-23(19-32-33(6-2)28-21-26(38-4)13-15-30(28)41-32)18-31-34(17-16-22(3)40(35,36)37)27-20-25(12-14-29(27)39-31)24-10-8-7-9-11-24/h7-15,18-22H,5-6,16-17H2,1-4H3. The first-order valence-electron chi connectivity index (χ1n) is 13.7. The van der Waals surface area contributed by atoms with Gasteiger partial charge in [-0.25, -0.2) is 0 Å². The van der Waals surface area contributed by atoms with Gasteiger partial charge in [0.2, 0.25) is 0 Å². The van der Waals surface area contributed by atoms with Gasteiger partial charge in [-0.15, -0.1) is 0 Å². The Morgan fingerprint density at radius 2 is 1.88 bits per heavy atom. The number of benzene rings is 3. The fraction of sp³-hybridized carbons (Fsp3) is 0.281. The van der Waals surface area contributed by atoms with Crippen LogP contribution >= 0.6 is 0 Å². The maximum atomic E-state index is 11.7. The van der Waals surface area contributed by atoms with Gasteiger partial charge < -0.3 is 0 Å². The molecule has 0 fully saturated rings. The van der Waals surface area contributed by atoms with E-state index in [1.54, 1.807) is 7.11 Å². The molecule has 1 aliphatic rings. The van der Waals surface area contributed by atoms with Crippen LogP contribution in [0.2, 0.25) is 0 Å². The predicted molar refractivity (Wildman–Crippen MR) is 163 cm³/mol. The molecule has 7 nitrogen and oxygen atoms in total. The summed E-state index contributed by atoms with van der Waals surface area (Å²) < 4.78 is 51.7. The van der Waals surface area contributed by atoms with Crippen LogP contribution in [0.4, 0.5) is 5.69 Å². The number of anilines is 1. The molecule has 0 aliphatic carbocycles. The van der Waals surface area contributed by atoms with Crippen molar-refractivity contribution in [1.82, 2.24) is 0 Å². The van der Waals surface area contributed by atoms with Gasteiger partial charge in [0.1, 0.15) is 0 Å². The molecular weight excluding hydrogens is 603 g/mol. The quantitative estimate of drug-likeness (QED) is 0.125. The Morgan fingerprint density at radius 3 is 2.56 bits per heavy atom. The van der Waals surface area contributed by atoms with Crippen LogP contribution in [-0.2, 0) is 16.7 Å². The first-order valence-corrected chi connectivity index (χ1v) is 16.9.